The summed E-state index contributed by atoms with van der Waals surface area (Å²) in [4.78, 5) is 14.7. The smallest absolute Gasteiger partial charge is 0.265 e. The molecule has 3 aromatic rings. The highest BCUT2D eigenvalue weighted by Gasteiger charge is 2.37. The van der Waals surface area contributed by atoms with E-state index in [0.717, 1.165) is 0 Å². The highest BCUT2D eigenvalue weighted by molar-refractivity contribution is 7.92. The number of amides is 1. The Bertz CT molecular complexity index is 1330. The molecule has 1 aliphatic heterocycles. The summed E-state index contributed by atoms with van der Waals surface area (Å²) in [6.07, 6.45) is 0.747. The molecule has 0 unspecified atom stereocenters. The van der Waals surface area contributed by atoms with Crippen LogP contribution in [0.2, 0.25) is 5.02 Å². The molecule has 2 N–H and O–H groups in total. The summed E-state index contributed by atoms with van der Waals surface area (Å²) in [7, 11) is -2.46. The van der Waals surface area contributed by atoms with Crippen molar-refractivity contribution in [2.75, 3.05) is 24.9 Å². The molecular formula is C26H27ClN2O5S. The average Bonchev–Trinajstić information content (AvgIpc) is 2.84. The van der Waals surface area contributed by atoms with Gasteiger partial charge in [0.1, 0.15) is 10.6 Å². The Morgan fingerprint density at radius 1 is 1.03 bits per heavy atom. The molecule has 0 atom stereocenters. The molecule has 0 bridgehead atoms. The third-order valence-electron chi connectivity index (χ3n) is 6.31. The Hall–Kier alpha value is -3.07. The Morgan fingerprint density at radius 2 is 1.69 bits per heavy atom. The van der Waals surface area contributed by atoms with E-state index in [1.165, 1.54) is 13.2 Å². The lowest BCUT2D eigenvalue weighted by Crippen LogP contribution is -2.45. The first-order chi connectivity index (χ1) is 16.6. The Balaban J connectivity index is 1.44. The fourth-order valence-electron chi connectivity index (χ4n) is 4.36. The van der Waals surface area contributed by atoms with Gasteiger partial charge in [0.05, 0.1) is 12.7 Å². The van der Waals surface area contributed by atoms with Crippen molar-refractivity contribution in [2.45, 2.75) is 30.3 Å². The third-order valence-corrected chi connectivity index (χ3v) is 8.04. The molecule has 1 amide bonds. The van der Waals surface area contributed by atoms with Gasteiger partial charge in [-0.2, -0.15) is 0 Å². The lowest BCUT2D eigenvalue weighted by molar-refractivity contribution is -0.0210. The number of anilines is 1. The zero-order valence-electron chi connectivity index (χ0n) is 19.5. The molecular weight excluding hydrogens is 488 g/mol. The second-order valence-electron chi connectivity index (χ2n) is 8.59. The molecule has 0 saturated carbocycles. The first-order valence-corrected chi connectivity index (χ1v) is 13.0. The Morgan fingerprint density at radius 3 is 2.31 bits per heavy atom. The van der Waals surface area contributed by atoms with Crippen molar-refractivity contribution in [1.82, 2.24) is 4.90 Å². The van der Waals surface area contributed by atoms with Gasteiger partial charge in [0.25, 0.3) is 15.9 Å². The molecule has 1 saturated heterocycles. The number of aliphatic hydroxyl groups is 1. The number of carbonyl (C=O) groups excluding carboxylic acids is 1. The van der Waals surface area contributed by atoms with Gasteiger partial charge in [-0.25, -0.2) is 8.42 Å². The summed E-state index contributed by atoms with van der Waals surface area (Å²) < 4.78 is 33.6. The summed E-state index contributed by atoms with van der Waals surface area (Å²) in [5.74, 6) is 0.106. The van der Waals surface area contributed by atoms with Crippen LogP contribution in [0, 0.1) is 6.92 Å². The number of nitrogens with one attached hydrogen (secondary N) is 1. The molecule has 0 spiro atoms. The van der Waals surface area contributed by atoms with Crippen molar-refractivity contribution in [2.24, 2.45) is 0 Å². The lowest BCUT2D eigenvalue weighted by atomic mass is 9.84. The Labute approximate surface area is 210 Å². The largest absolute Gasteiger partial charge is 0.495 e. The molecule has 4 rings (SSSR count). The number of methoxy groups -OCH3 is 1. The first-order valence-electron chi connectivity index (χ1n) is 11.2. The number of likely N-dealkylation sites (tertiary alicyclic amines) is 1. The van der Waals surface area contributed by atoms with Gasteiger partial charge in [-0.15, -0.1) is 0 Å². The van der Waals surface area contributed by atoms with Gasteiger partial charge in [0.15, 0.2) is 0 Å². The maximum atomic E-state index is 13.0. The van der Waals surface area contributed by atoms with Crippen molar-refractivity contribution in [3.05, 3.63) is 88.4 Å². The molecule has 1 fully saturated rings. The van der Waals surface area contributed by atoms with Gasteiger partial charge in [-0.3, -0.25) is 9.52 Å². The van der Waals surface area contributed by atoms with Crippen LogP contribution in [-0.4, -0.2) is 44.5 Å². The van der Waals surface area contributed by atoms with Crippen molar-refractivity contribution in [1.29, 1.82) is 0 Å². The number of sulfonamides is 1. The number of benzene rings is 3. The first kappa shape index (κ1) is 25.0. The molecule has 35 heavy (non-hydrogen) atoms. The van der Waals surface area contributed by atoms with Crippen molar-refractivity contribution in [3.63, 3.8) is 0 Å². The summed E-state index contributed by atoms with van der Waals surface area (Å²) >= 11 is 6.27. The van der Waals surface area contributed by atoms with E-state index in [1.54, 1.807) is 54.3 Å². The normalized spacial score (nSPS) is 15.5. The number of nitrogens with zero attached hydrogens (tertiary/aromatic N) is 1. The average molecular weight is 515 g/mol. The maximum Gasteiger partial charge on any atom is 0.265 e. The maximum absolute atomic E-state index is 13.0. The number of piperidine rings is 1. The van der Waals surface area contributed by atoms with Crippen LogP contribution in [0.1, 0.15) is 34.3 Å². The van der Waals surface area contributed by atoms with Crippen molar-refractivity contribution >= 4 is 33.2 Å². The van der Waals surface area contributed by atoms with E-state index in [9.17, 15) is 18.3 Å². The number of rotatable bonds is 6. The van der Waals surface area contributed by atoms with Crippen molar-refractivity contribution in [3.8, 4) is 5.75 Å². The standard InChI is InChI=1S/C26H27ClN2O5S/c1-18-6-5-9-23(24(18)34-2)35(32,33)28-20-12-10-19(11-13-20)25(30)29-16-14-26(31,15-17-29)21-7-3-4-8-22(21)27/h3-13,28,31H,14-17H2,1-2H3. The molecule has 0 radical (unpaired) electrons. The summed E-state index contributed by atoms with van der Waals surface area (Å²) in [6.45, 7) is 2.53. The monoisotopic (exact) mass is 514 g/mol. The zero-order chi connectivity index (χ0) is 25.2. The SMILES string of the molecule is COc1c(C)cccc1S(=O)(=O)Nc1ccc(C(=O)N2CCC(O)(c3ccccc3Cl)CC2)cc1. The van der Waals surface area contributed by atoms with E-state index >= 15 is 0 Å². The molecule has 0 aliphatic carbocycles. The number of carbonyl (C=O) groups is 1. The molecule has 7 nitrogen and oxygen atoms in total. The van der Waals surface area contributed by atoms with Crippen LogP contribution in [0.15, 0.2) is 71.6 Å². The number of ether oxygens (including phenoxy) is 1. The fraction of sp³-hybridized carbons (Fsp3) is 0.269. The van der Waals surface area contributed by atoms with E-state index in [4.69, 9.17) is 16.3 Å². The minimum absolute atomic E-state index is 0.0412. The molecule has 3 aromatic carbocycles. The summed E-state index contributed by atoms with van der Waals surface area (Å²) in [6, 6.07) is 18.4. The second-order valence-corrected chi connectivity index (χ2v) is 10.7. The van der Waals surface area contributed by atoms with Crippen LogP contribution in [0.4, 0.5) is 5.69 Å². The topological polar surface area (TPSA) is 95.9 Å². The molecule has 0 aromatic heterocycles. The third kappa shape index (κ3) is 5.15. The highest BCUT2D eigenvalue weighted by Crippen LogP contribution is 2.37. The van der Waals surface area contributed by atoms with Crippen LogP contribution in [0.5, 0.6) is 5.75 Å². The predicted octanol–water partition coefficient (Wildman–Crippen LogP) is 4.58. The van der Waals surface area contributed by atoms with Gasteiger partial charge in [0.2, 0.25) is 0 Å². The zero-order valence-corrected chi connectivity index (χ0v) is 21.1. The van der Waals surface area contributed by atoms with E-state index in [1.807, 2.05) is 18.2 Å². The van der Waals surface area contributed by atoms with Crippen LogP contribution in [-0.2, 0) is 15.6 Å². The molecule has 9 heteroatoms. The summed E-state index contributed by atoms with van der Waals surface area (Å²) in [5, 5.41) is 11.6. The van der Waals surface area contributed by atoms with Crippen LogP contribution >= 0.6 is 11.6 Å². The molecule has 1 heterocycles. The van der Waals surface area contributed by atoms with Gasteiger partial charge < -0.3 is 14.7 Å². The molecule has 1 aliphatic rings. The van der Waals surface area contributed by atoms with Gasteiger partial charge in [-0.05, 0) is 61.7 Å². The van der Waals surface area contributed by atoms with E-state index < -0.39 is 15.6 Å². The number of aryl methyl sites for hydroxylation is 1. The van der Waals surface area contributed by atoms with Crippen LogP contribution in [0.3, 0.4) is 0 Å². The van der Waals surface area contributed by atoms with Crippen LogP contribution < -0.4 is 9.46 Å². The van der Waals surface area contributed by atoms with Gasteiger partial charge >= 0.3 is 0 Å². The predicted molar refractivity (Wildman–Crippen MR) is 135 cm³/mol. The van der Waals surface area contributed by atoms with Crippen molar-refractivity contribution < 1.29 is 23.1 Å². The minimum atomic E-state index is -3.88. The van der Waals surface area contributed by atoms with Crippen LogP contribution in [0.25, 0.3) is 0 Å². The highest BCUT2D eigenvalue weighted by atomic mass is 35.5. The van der Waals surface area contributed by atoms with Gasteiger partial charge in [0, 0.05) is 34.9 Å². The fourth-order valence-corrected chi connectivity index (χ4v) is 5.97. The Kier molecular flexibility index (Phi) is 7.07. The number of halogens is 1. The van der Waals surface area contributed by atoms with E-state index in [2.05, 4.69) is 4.72 Å². The van der Waals surface area contributed by atoms with E-state index in [0.29, 0.717) is 53.3 Å². The number of hydrogen-bond donors (Lipinski definition) is 2. The van der Waals surface area contributed by atoms with Gasteiger partial charge in [-0.1, -0.05) is 41.9 Å². The minimum Gasteiger partial charge on any atom is -0.495 e. The second kappa shape index (κ2) is 9.89. The quantitative estimate of drug-likeness (QED) is 0.502. The number of para-hydroxylation sites is 1. The number of hydrogen-bond acceptors (Lipinski definition) is 5. The lowest BCUT2D eigenvalue weighted by Gasteiger charge is -2.39. The summed E-state index contributed by atoms with van der Waals surface area (Å²) in [5.41, 5.74) is 1.07. The molecule has 184 valence electrons. The van der Waals surface area contributed by atoms with E-state index in [-0.39, 0.29) is 16.6 Å².